The molecule has 25 heavy (non-hydrogen) atoms. The van der Waals surface area contributed by atoms with E-state index in [-0.39, 0.29) is 11.8 Å². The fourth-order valence-corrected chi connectivity index (χ4v) is 2.76. The SMILES string of the molecule is CC(C)(C)c1ccc(NC(=O)CC(=O)Nc2cc(Cl)cc(Cl)c2)cc1. The Hall–Kier alpha value is -2.04. The lowest BCUT2D eigenvalue weighted by molar-refractivity contribution is -0.123. The molecule has 2 amide bonds. The van der Waals surface area contributed by atoms with Crippen LogP contribution in [-0.2, 0) is 15.0 Å². The summed E-state index contributed by atoms with van der Waals surface area (Å²) in [4.78, 5) is 24.0. The molecule has 0 aliphatic heterocycles. The van der Waals surface area contributed by atoms with Crippen LogP contribution in [0.2, 0.25) is 10.0 Å². The van der Waals surface area contributed by atoms with Crippen molar-refractivity contribution in [1.82, 2.24) is 0 Å². The number of carbonyl (C=O) groups excluding carboxylic acids is 2. The van der Waals surface area contributed by atoms with Crippen molar-refractivity contribution in [2.24, 2.45) is 0 Å². The maximum atomic E-state index is 12.0. The molecule has 2 aromatic rings. The van der Waals surface area contributed by atoms with Crippen molar-refractivity contribution in [1.29, 1.82) is 0 Å². The van der Waals surface area contributed by atoms with Crippen molar-refractivity contribution in [3.05, 3.63) is 58.1 Å². The van der Waals surface area contributed by atoms with Gasteiger partial charge in [0.2, 0.25) is 11.8 Å². The van der Waals surface area contributed by atoms with E-state index in [0.717, 1.165) is 0 Å². The first-order chi connectivity index (χ1) is 11.6. The van der Waals surface area contributed by atoms with E-state index in [4.69, 9.17) is 23.2 Å². The van der Waals surface area contributed by atoms with Crippen LogP contribution < -0.4 is 10.6 Å². The summed E-state index contributed by atoms with van der Waals surface area (Å²) >= 11 is 11.8. The van der Waals surface area contributed by atoms with Crippen molar-refractivity contribution in [2.75, 3.05) is 10.6 Å². The minimum atomic E-state index is -0.442. The van der Waals surface area contributed by atoms with Crippen LogP contribution in [0.4, 0.5) is 11.4 Å². The molecule has 0 fully saturated rings. The predicted molar refractivity (Wildman–Crippen MR) is 103 cm³/mol. The molecular weight excluding hydrogens is 359 g/mol. The molecule has 0 unspecified atom stereocenters. The molecule has 132 valence electrons. The summed E-state index contributed by atoms with van der Waals surface area (Å²) in [6, 6.07) is 12.3. The maximum Gasteiger partial charge on any atom is 0.233 e. The van der Waals surface area contributed by atoms with Crippen LogP contribution in [0.3, 0.4) is 0 Å². The molecule has 0 radical (unpaired) electrons. The van der Waals surface area contributed by atoms with E-state index in [1.54, 1.807) is 18.2 Å². The molecule has 0 bridgehead atoms. The molecule has 6 heteroatoms. The standard InChI is InChI=1S/C19H20Cl2N2O2/c1-19(2,3)12-4-6-15(7-5-12)22-17(24)11-18(25)23-16-9-13(20)8-14(21)10-16/h4-10H,11H2,1-3H3,(H,22,24)(H,23,25). The highest BCUT2D eigenvalue weighted by Crippen LogP contribution is 2.24. The van der Waals surface area contributed by atoms with E-state index < -0.39 is 11.8 Å². The molecule has 0 aliphatic carbocycles. The normalized spacial score (nSPS) is 11.1. The van der Waals surface area contributed by atoms with Gasteiger partial charge in [-0.2, -0.15) is 0 Å². The van der Waals surface area contributed by atoms with Gasteiger partial charge in [-0.3, -0.25) is 9.59 Å². The zero-order valence-electron chi connectivity index (χ0n) is 14.3. The van der Waals surface area contributed by atoms with Gasteiger partial charge in [0.05, 0.1) is 0 Å². The molecule has 0 aliphatic rings. The van der Waals surface area contributed by atoms with Crippen LogP contribution in [0.25, 0.3) is 0 Å². The average Bonchev–Trinajstić information content (AvgIpc) is 2.45. The quantitative estimate of drug-likeness (QED) is 0.712. The highest BCUT2D eigenvalue weighted by molar-refractivity contribution is 6.35. The second-order valence-corrected chi connectivity index (χ2v) is 7.63. The molecule has 2 N–H and O–H groups in total. The number of hydrogen-bond donors (Lipinski definition) is 2. The van der Waals surface area contributed by atoms with E-state index in [9.17, 15) is 9.59 Å². The van der Waals surface area contributed by atoms with Gasteiger partial charge in [-0.15, -0.1) is 0 Å². The summed E-state index contributed by atoms with van der Waals surface area (Å²) in [5.74, 6) is -0.837. The topological polar surface area (TPSA) is 58.2 Å². The predicted octanol–water partition coefficient (Wildman–Crippen LogP) is 5.26. The second kappa shape index (κ2) is 7.89. The largest absolute Gasteiger partial charge is 0.326 e. The lowest BCUT2D eigenvalue weighted by atomic mass is 9.87. The highest BCUT2D eigenvalue weighted by atomic mass is 35.5. The smallest absolute Gasteiger partial charge is 0.233 e. The van der Waals surface area contributed by atoms with Gasteiger partial charge >= 0.3 is 0 Å². The van der Waals surface area contributed by atoms with Gasteiger partial charge in [-0.1, -0.05) is 56.1 Å². The monoisotopic (exact) mass is 378 g/mol. The third-order valence-corrected chi connectivity index (χ3v) is 3.94. The Balaban J connectivity index is 1.92. The zero-order valence-corrected chi connectivity index (χ0v) is 15.8. The third kappa shape index (κ3) is 6.07. The molecule has 0 atom stereocenters. The number of hydrogen-bond acceptors (Lipinski definition) is 2. The van der Waals surface area contributed by atoms with Crippen LogP contribution in [-0.4, -0.2) is 11.8 Å². The summed E-state index contributed by atoms with van der Waals surface area (Å²) in [7, 11) is 0. The van der Waals surface area contributed by atoms with Crippen molar-refractivity contribution < 1.29 is 9.59 Å². The highest BCUT2D eigenvalue weighted by Gasteiger charge is 2.14. The number of benzene rings is 2. The van der Waals surface area contributed by atoms with Crippen LogP contribution >= 0.6 is 23.2 Å². The van der Waals surface area contributed by atoms with Gasteiger partial charge in [0, 0.05) is 21.4 Å². The first kappa shape index (κ1) is 19.3. The van der Waals surface area contributed by atoms with Crippen molar-refractivity contribution in [2.45, 2.75) is 32.6 Å². The minimum Gasteiger partial charge on any atom is -0.326 e. The van der Waals surface area contributed by atoms with E-state index in [2.05, 4.69) is 31.4 Å². The lowest BCUT2D eigenvalue weighted by Gasteiger charge is -2.19. The summed E-state index contributed by atoms with van der Waals surface area (Å²) in [5, 5.41) is 6.13. The maximum absolute atomic E-state index is 12.0. The van der Waals surface area contributed by atoms with Crippen LogP contribution in [0.1, 0.15) is 32.8 Å². The summed E-state index contributed by atoms with van der Waals surface area (Å²) in [6.45, 7) is 6.35. The van der Waals surface area contributed by atoms with Crippen LogP contribution in [0.15, 0.2) is 42.5 Å². The van der Waals surface area contributed by atoms with Gasteiger partial charge in [0.15, 0.2) is 0 Å². The third-order valence-electron chi connectivity index (χ3n) is 3.50. The number of halogens is 2. The van der Waals surface area contributed by atoms with Gasteiger partial charge in [0.25, 0.3) is 0 Å². The molecule has 2 rings (SSSR count). The number of carbonyl (C=O) groups is 2. The van der Waals surface area contributed by atoms with E-state index in [1.807, 2.05) is 24.3 Å². The minimum absolute atomic E-state index is 0.0423. The lowest BCUT2D eigenvalue weighted by Crippen LogP contribution is -2.21. The summed E-state index contributed by atoms with van der Waals surface area (Å²) in [5.41, 5.74) is 2.31. The molecule has 0 aromatic heterocycles. The Morgan fingerprint density at radius 2 is 1.32 bits per heavy atom. The van der Waals surface area contributed by atoms with Crippen LogP contribution in [0, 0.1) is 0 Å². The van der Waals surface area contributed by atoms with E-state index >= 15 is 0 Å². The van der Waals surface area contributed by atoms with Crippen molar-refractivity contribution in [3.63, 3.8) is 0 Å². The van der Waals surface area contributed by atoms with E-state index in [0.29, 0.717) is 21.4 Å². The zero-order chi connectivity index (χ0) is 18.6. The second-order valence-electron chi connectivity index (χ2n) is 6.76. The van der Waals surface area contributed by atoms with Gasteiger partial charge < -0.3 is 10.6 Å². The van der Waals surface area contributed by atoms with Gasteiger partial charge in [0.1, 0.15) is 6.42 Å². The fourth-order valence-electron chi connectivity index (χ4n) is 2.24. The van der Waals surface area contributed by atoms with Gasteiger partial charge in [-0.25, -0.2) is 0 Å². The van der Waals surface area contributed by atoms with Gasteiger partial charge in [-0.05, 0) is 41.3 Å². The molecule has 0 spiro atoms. The Labute approximate surface area is 157 Å². The van der Waals surface area contributed by atoms with E-state index in [1.165, 1.54) is 5.56 Å². The number of amides is 2. The first-order valence-electron chi connectivity index (χ1n) is 7.80. The Kier molecular flexibility index (Phi) is 6.09. The van der Waals surface area contributed by atoms with Crippen molar-refractivity contribution in [3.8, 4) is 0 Å². The first-order valence-corrected chi connectivity index (χ1v) is 8.55. The van der Waals surface area contributed by atoms with Crippen LogP contribution in [0.5, 0.6) is 0 Å². The molecule has 0 saturated heterocycles. The molecular formula is C19H20Cl2N2O2. The summed E-state index contributed by atoms with van der Waals surface area (Å²) in [6.07, 6.45) is -0.300. The number of nitrogens with one attached hydrogen (secondary N) is 2. The fraction of sp³-hybridized carbons (Fsp3) is 0.263. The summed E-state index contributed by atoms with van der Waals surface area (Å²) < 4.78 is 0. The average molecular weight is 379 g/mol. The molecule has 2 aromatic carbocycles. The number of rotatable bonds is 4. The Morgan fingerprint density at radius 1 is 0.840 bits per heavy atom. The Morgan fingerprint density at radius 3 is 1.80 bits per heavy atom. The Bertz CT molecular complexity index is 761. The molecule has 0 heterocycles. The molecule has 0 saturated carbocycles. The van der Waals surface area contributed by atoms with Crippen molar-refractivity contribution >= 4 is 46.4 Å². The molecule has 4 nitrogen and oxygen atoms in total. The number of anilines is 2.